The second-order valence-corrected chi connectivity index (χ2v) is 6.85. The van der Waals surface area contributed by atoms with Gasteiger partial charge in [0.2, 0.25) is 0 Å². The number of ether oxygens (including phenoxy) is 1. The van der Waals surface area contributed by atoms with Gasteiger partial charge in [0.1, 0.15) is 5.15 Å². The van der Waals surface area contributed by atoms with Gasteiger partial charge in [0.25, 0.3) is 5.91 Å². The minimum Gasteiger partial charge on any atom is -0.375 e. The van der Waals surface area contributed by atoms with Crippen LogP contribution in [-0.4, -0.2) is 41.6 Å². The Balaban J connectivity index is 2.25. The zero-order valence-electron chi connectivity index (χ0n) is 13.1. The molecule has 1 aliphatic rings. The number of rotatable bonds is 2. The monoisotopic (exact) mass is 310 g/mol. The van der Waals surface area contributed by atoms with Crippen molar-refractivity contribution in [2.24, 2.45) is 0 Å². The molecule has 0 bridgehead atoms. The molecule has 1 fully saturated rings. The first-order chi connectivity index (χ1) is 9.81. The molecular weight excluding hydrogens is 288 g/mol. The number of morpholine rings is 1. The van der Waals surface area contributed by atoms with Crippen LogP contribution in [0.25, 0.3) is 0 Å². The fourth-order valence-corrected chi connectivity index (χ4v) is 2.55. The highest BCUT2D eigenvalue weighted by Crippen LogP contribution is 2.24. The quantitative estimate of drug-likeness (QED) is 0.787. The summed E-state index contributed by atoms with van der Waals surface area (Å²) in [7, 11) is 0. The molecule has 21 heavy (non-hydrogen) atoms. The Bertz CT molecular complexity index is 525. The SMILES string of the molecule is CCC1CN(C(=O)c2cc(Cl)nc(C(C)(C)C)c2)CCO1. The Morgan fingerprint density at radius 1 is 1.48 bits per heavy atom. The highest BCUT2D eigenvalue weighted by atomic mass is 35.5. The van der Waals surface area contributed by atoms with Gasteiger partial charge in [-0.1, -0.05) is 39.3 Å². The number of carbonyl (C=O) groups excluding carboxylic acids is 1. The van der Waals surface area contributed by atoms with Crippen LogP contribution in [-0.2, 0) is 10.2 Å². The van der Waals surface area contributed by atoms with Crippen molar-refractivity contribution in [2.75, 3.05) is 19.7 Å². The van der Waals surface area contributed by atoms with Crippen molar-refractivity contribution in [3.8, 4) is 0 Å². The number of amides is 1. The molecule has 0 aromatic carbocycles. The Labute approximate surface area is 131 Å². The van der Waals surface area contributed by atoms with Gasteiger partial charge in [0, 0.05) is 29.8 Å². The summed E-state index contributed by atoms with van der Waals surface area (Å²) in [6.45, 7) is 10.1. The molecule has 2 heterocycles. The topological polar surface area (TPSA) is 42.4 Å². The highest BCUT2D eigenvalue weighted by molar-refractivity contribution is 6.29. The minimum atomic E-state index is -0.142. The molecule has 0 radical (unpaired) electrons. The van der Waals surface area contributed by atoms with Crippen molar-refractivity contribution in [2.45, 2.75) is 45.6 Å². The maximum Gasteiger partial charge on any atom is 0.254 e. The molecule has 116 valence electrons. The zero-order valence-corrected chi connectivity index (χ0v) is 13.9. The second-order valence-electron chi connectivity index (χ2n) is 6.47. The molecule has 1 saturated heterocycles. The first-order valence-corrected chi connectivity index (χ1v) is 7.78. The number of carbonyl (C=O) groups is 1. The van der Waals surface area contributed by atoms with E-state index in [1.165, 1.54) is 0 Å². The average Bonchev–Trinajstić information content (AvgIpc) is 2.45. The second kappa shape index (κ2) is 6.32. The van der Waals surface area contributed by atoms with Crippen molar-refractivity contribution < 1.29 is 9.53 Å². The van der Waals surface area contributed by atoms with Gasteiger partial charge in [0.05, 0.1) is 12.7 Å². The van der Waals surface area contributed by atoms with Crippen LogP contribution < -0.4 is 0 Å². The molecule has 4 nitrogen and oxygen atoms in total. The number of nitrogens with zero attached hydrogens (tertiary/aromatic N) is 2. The number of halogens is 1. The zero-order chi connectivity index (χ0) is 15.6. The third-order valence-electron chi connectivity index (χ3n) is 3.69. The highest BCUT2D eigenvalue weighted by Gasteiger charge is 2.26. The number of hydrogen-bond acceptors (Lipinski definition) is 3. The Morgan fingerprint density at radius 2 is 2.19 bits per heavy atom. The van der Waals surface area contributed by atoms with Crippen LogP contribution in [0.3, 0.4) is 0 Å². The lowest BCUT2D eigenvalue weighted by atomic mass is 9.90. The van der Waals surface area contributed by atoms with Crippen molar-refractivity contribution in [3.63, 3.8) is 0 Å². The lowest BCUT2D eigenvalue weighted by molar-refractivity contribution is -0.0226. The van der Waals surface area contributed by atoms with Crippen molar-refractivity contribution in [3.05, 3.63) is 28.5 Å². The van der Waals surface area contributed by atoms with Gasteiger partial charge < -0.3 is 9.64 Å². The van der Waals surface area contributed by atoms with Gasteiger partial charge in [0.15, 0.2) is 0 Å². The summed E-state index contributed by atoms with van der Waals surface area (Å²) in [4.78, 5) is 18.9. The lowest BCUT2D eigenvalue weighted by Crippen LogP contribution is -2.45. The van der Waals surface area contributed by atoms with Crippen LogP contribution >= 0.6 is 11.6 Å². The molecule has 0 spiro atoms. The van der Waals surface area contributed by atoms with E-state index in [1.807, 2.05) is 11.0 Å². The van der Waals surface area contributed by atoms with E-state index in [4.69, 9.17) is 16.3 Å². The molecule has 2 rings (SSSR count). The first kappa shape index (κ1) is 16.2. The van der Waals surface area contributed by atoms with E-state index in [-0.39, 0.29) is 17.4 Å². The van der Waals surface area contributed by atoms with Gasteiger partial charge in [-0.25, -0.2) is 4.98 Å². The Morgan fingerprint density at radius 3 is 2.81 bits per heavy atom. The largest absolute Gasteiger partial charge is 0.375 e. The van der Waals surface area contributed by atoms with Crippen molar-refractivity contribution in [1.29, 1.82) is 0 Å². The van der Waals surface area contributed by atoms with E-state index in [0.29, 0.717) is 30.4 Å². The number of pyridine rings is 1. The third kappa shape index (κ3) is 3.95. The molecule has 1 aromatic heterocycles. The van der Waals surface area contributed by atoms with Crippen molar-refractivity contribution >= 4 is 17.5 Å². The number of aromatic nitrogens is 1. The average molecular weight is 311 g/mol. The molecule has 0 saturated carbocycles. The molecule has 5 heteroatoms. The lowest BCUT2D eigenvalue weighted by Gasteiger charge is -2.32. The van der Waals surface area contributed by atoms with E-state index in [1.54, 1.807) is 6.07 Å². The summed E-state index contributed by atoms with van der Waals surface area (Å²) in [5, 5.41) is 0.367. The van der Waals surface area contributed by atoms with E-state index < -0.39 is 0 Å². The third-order valence-corrected chi connectivity index (χ3v) is 3.88. The maximum absolute atomic E-state index is 12.7. The van der Waals surface area contributed by atoms with Gasteiger partial charge >= 0.3 is 0 Å². The fourth-order valence-electron chi connectivity index (χ4n) is 2.34. The molecular formula is C16H23ClN2O2. The molecule has 0 aliphatic carbocycles. The molecule has 1 amide bonds. The van der Waals surface area contributed by atoms with E-state index >= 15 is 0 Å². The van der Waals surface area contributed by atoms with E-state index in [2.05, 4.69) is 32.7 Å². The fraction of sp³-hybridized carbons (Fsp3) is 0.625. The number of hydrogen-bond donors (Lipinski definition) is 0. The van der Waals surface area contributed by atoms with Crippen LogP contribution in [0.4, 0.5) is 0 Å². The molecule has 1 aromatic rings. The normalized spacial score (nSPS) is 19.7. The summed E-state index contributed by atoms with van der Waals surface area (Å²) in [6.07, 6.45) is 1.04. The van der Waals surface area contributed by atoms with E-state index in [9.17, 15) is 4.79 Å². The predicted molar refractivity (Wildman–Crippen MR) is 83.9 cm³/mol. The van der Waals surface area contributed by atoms with Gasteiger partial charge in [-0.3, -0.25) is 4.79 Å². The summed E-state index contributed by atoms with van der Waals surface area (Å²) in [5.74, 6) is 0.00606. The van der Waals surface area contributed by atoms with Crippen LogP contribution in [0.5, 0.6) is 0 Å². The van der Waals surface area contributed by atoms with Crippen LogP contribution in [0.15, 0.2) is 12.1 Å². The van der Waals surface area contributed by atoms with Crippen molar-refractivity contribution in [1.82, 2.24) is 9.88 Å². The summed E-state index contributed by atoms with van der Waals surface area (Å²) < 4.78 is 5.61. The van der Waals surface area contributed by atoms with Gasteiger partial charge in [-0.05, 0) is 18.6 Å². The molecule has 1 unspecified atom stereocenters. The van der Waals surface area contributed by atoms with E-state index in [0.717, 1.165) is 12.1 Å². The molecule has 1 atom stereocenters. The van der Waals surface area contributed by atoms with Gasteiger partial charge in [-0.2, -0.15) is 0 Å². The Hall–Kier alpha value is -1.13. The molecule has 1 aliphatic heterocycles. The smallest absolute Gasteiger partial charge is 0.254 e. The molecule has 0 N–H and O–H groups in total. The predicted octanol–water partition coefficient (Wildman–Crippen LogP) is 3.28. The van der Waals surface area contributed by atoms with Gasteiger partial charge in [-0.15, -0.1) is 0 Å². The van der Waals surface area contributed by atoms with Crippen LogP contribution in [0.1, 0.15) is 50.2 Å². The summed E-state index contributed by atoms with van der Waals surface area (Å²) in [6, 6.07) is 3.50. The summed E-state index contributed by atoms with van der Waals surface area (Å²) in [5.41, 5.74) is 1.30. The standard InChI is InChI=1S/C16H23ClN2O2/c1-5-12-10-19(6-7-21-12)15(20)11-8-13(16(2,3)4)18-14(17)9-11/h8-9,12H,5-7,10H2,1-4H3. The minimum absolute atomic E-state index is 0.00606. The Kier molecular flexibility index (Phi) is 4.89. The first-order valence-electron chi connectivity index (χ1n) is 7.40. The van der Waals surface area contributed by atoms with Crippen LogP contribution in [0, 0.1) is 0 Å². The maximum atomic E-state index is 12.7. The van der Waals surface area contributed by atoms with Crippen LogP contribution in [0.2, 0.25) is 5.15 Å². The summed E-state index contributed by atoms with van der Waals surface area (Å²) >= 11 is 6.09.